The fraction of sp³-hybridized carbons (Fsp3) is 0.600. The normalized spacial score (nSPS) is 32.2. The summed E-state index contributed by atoms with van der Waals surface area (Å²) in [5, 5.41) is 7.19. The molecule has 3 fully saturated rings. The van der Waals surface area contributed by atoms with E-state index in [1.807, 2.05) is 24.3 Å². The first-order valence-corrected chi connectivity index (χ1v) is 11.5. The van der Waals surface area contributed by atoms with Crippen molar-refractivity contribution in [3.05, 3.63) is 35.4 Å². The summed E-state index contributed by atoms with van der Waals surface area (Å²) in [5.74, 6) is 0.0487. The molecule has 0 spiro atoms. The SMILES string of the molecule is CC(C)c1ccc(C2(C)NC(=O)N(CC(=O)N/N=C3\CC4CCC3(C)C4(C)C)C2=O)cc1. The van der Waals surface area contributed by atoms with Gasteiger partial charge in [0.25, 0.3) is 11.8 Å². The number of nitrogens with one attached hydrogen (secondary N) is 2. The summed E-state index contributed by atoms with van der Waals surface area (Å²) in [6, 6.07) is 7.09. The van der Waals surface area contributed by atoms with Crippen LogP contribution < -0.4 is 10.7 Å². The molecule has 1 heterocycles. The number of carbonyl (C=O) groups is 3. The molecule has 1 aliphatic heterocycles. The first kappa shape index (κ1) is 22.5. The Balaban J connectivity index is 1.44. The molecule has 32 heavy (non-hydrogen) atoms. The third-order valence-electron chi connectivity index (χ3n) is 8.56. The van der Waals surface area contributed by atoms with Crippen molar-refractivity contribution in [3.8, 4) is 0 Å². The van der Waals surface area contributed by atoms with E-state index in [2.05, 4.69) is 50.5 Å². The Morgan fingerprint density at radius 3 is 2.38 bits per heavy atom. The monoisotopic (exact) mass is 438 g/mol. The van der Waals surface area contributed by atoms with Crippen molar-refractivity contribution in [3.63, 3.8) is 0 Å². The Hall–Kier alpha value is -2.70. The highest BCUT2D eigenvalue weighted by Gasteiger charge is 2.60. The zero-order valence-corrected chi connectivity index (χ0v) is 19.9. The Bertz CT molecular complexity index is 997. The van der Waals surface area contributed by atoms with E-state index < -0.39 is 23.4 Å². The molecule has 2 saturated carbocycles. The summed E-state index contributed by atoms with van der Waals surface area (Å²) < 4.78 is 0. The molecule has 1 aromatic rings. The van der Waals surface area contributed by atoms with E-state index in [0.29, 0.717) is 17.4 Å². The van der Waals surface area contributed by atoms with Gasteiger partial charge in [-0.3, -0.25) is 14.5 Å². The number of benzene rings is 1. The summed E-state index contributed by atoms with van der Waals surface area (Å²) in [6.07, 6.45) is 3.15. The second-order valence-electron chi connectivity index (χ2n) is 10.8. The van der Waals surface area contributed by atoms with E-state index in [-0.39, 0.29) is 17.4 Å². The minimum Gasteiger partial charge on any atom is -0.319 e. The van der Waals surface area contributed by atoms with Crippen molar-refractivity contribution in [2.45, 2.75) is 72.3 Å². The summed E-state index contributed by atoms with van der Waals surface area (Å²) >= 11 is 0. The maximum absolute atomic E-state index is 13.1. The molecule has 2 aliphatic carbocycles. The maximum Gasteiger partial charge on any atom is 0.325 e. The number of carbonyl (C=O) groups excluding carboxylic acids is 3. The lowest BCUT2D eigenvalue weighted by atomic mass is 9.70. The topological polar surface area (TPSA) is 90.9 Å². The fourth-order valence-corrected chi connectivity index (χ4v) is 5.64. The first-order chi connectivity index (χ1) is 14.9. The predicted molar refractivity (Wildman–Crippen MR) is 123 cm³/mol. The molecule has 1 aromatic carbocycles. The lowest BCUT2D eigenvalue weighted by molar-refractivity contribution is -0.134. The van der Waals surface area contributed by atoms with Crippen molar-refractivity contribution >= 4 is 23.6 Å². The number of hydrazone groups is 1. The molecule has 3 unspecified atom stereocenters. The predicted octanol–water partition coefficient (Wildman–Crippen LogP) is 3.90. The van der Waals surface area contributed by atoms with Crippen molar-refractivity contribution in [2.24, 2.45) is 21.8 Å². The van der Waals surface area contributed by atoms with Gasteiger partial charge in [0.1, 0.15) is 12.1 Å². The van der Waals surface area contributed by atoms with Crippen LogP contribution in [0.2, 0.25) is 0 Å². The Kier molecular flexibility index (Phi) is 5.22. The van der Waals surface area contributed by atoms with Gasteiger partial charge < -0.3 is 5.32 Å². The summed E-state index contributed by atoms with van der Waals surface area (Å²) in [4.78, 5) is 39.2. The number of rotatable bonds is 5. The molecular weight excluding hydrogens is 404 g/mol. The molecule has 3 aliphatic rings. The zero-order chi connectivity index (χ0) is 23.5. The van der Waals surface area contributed by atoms with Crippen LogP contribution in [-0.2, 0) is 15.1 Å². The molecule has 2 bridgehead atoms. The van der Waals surface area contributed by atoms with E-state index in [0.717, 1.165) is 29.0 Å². The molecule has 0 radical (unpaired) electrons. The molecule has 7 heteroatoms. The number of hydrogen-bond donors (Lipinski definition) is 2. The first-order valence-electron chi connectivity index (χ1n) is 11.5. The number of fused-ring (bicyclic) bond motifs is 2. The van der Waals surface area contributed by atoms with Crippen LogP contribution in [0.25, 0.3) is 0 Å². The van der Waals surface area contributed by atoms with Gasteiger partial charge in [-0.2, -0.15) is 5.10 Å². The van der Waals surface area contributed by atoms with Crippen LogP contribution in [0.4, 0.5) is 4.79 Å². The largest absolute Gasteiger partial charge is 0.325 e. The molecule has 2 N–H and O–H groups in total. The average Bonchev–Trinajstić information content (AvgIpc) is 3.18. The minimum absolute atomic E-state index is 0.0213. The number of hydrogen-bond acceptors (Lipinski definition) is 4. The van der Waals surface area contributed by atoms with Gasteiger partial charge in [-0.1, -0.05) is 58.9 Å². The van der Waals surface area contributed by atoms with Crippen LogP contribution in [0.1, 0.15) is 77.8 Å². The van der Waals surface area contributed by atoms with Crippen molar-refractivity contribution in [1.82, 2.24) is 15.6 Å². The third kappa shape index (κ3) is 3.24. The van der Waals surface area contributed by atoms with Crippen molar-refractivity contribution in [1.29, 1.82) is 0 Å². The van der Waals surface area contributed by atoms with Crippen molar-refractivity contribution in [2.75, 3.05) is 6.54 Å². The summed E-state index contributed by atoms with van der Waals surface area (Å²) in [7, 11) is 0. The summed E-state index contributed by atoms with van der Waals surface area (Å²) in [6.45, 7) is 12.3. The van der Waals surface area contributed by atoms with E-state index in [9.17, 15) is 14.4 Å². The second kappa shape index (κ2) is 7.42. The quantitative estimate of drug-likeness (QED) is 0.540. The van der Waals surface area contributed by atoms with Gasteiger partial charge in [0.2, 0.25) is 0 Å². The van der Waals surface area contributed by atoms with Gasteiger partial charge in [0, 0.05) is 11.1 Å². The molecule has 4 amide bonds. The van der Waals surface area contributed by atoms with E-state index >= 15 is 0 Å². The van der Waals surface area contributed by atoms with E-state index in [1.165, 1.54) is 6.42 Å². The standard InChI is InChI=1S/C25H34N4O3/c1-15(2)16-7-9-17(10-8-16)25(6)21(31)29(22(32)26-25)14-20(30)28-27-19-13-18-11-12-24(19,5)23(18,3)4/h7-10,15,18H,11-14H2,1-6H3,(H,26,32)(H,28,30)/b27-19+. The summed E-state index contributed by atoms with van der Waals surface area (Å²) in [5.41, 5.74) is 4.41. The zero-order valence-electron chi connectivity index (χ0n) is 19.9. The van der Waals surface area contributed by atoms with Gasteiger partial charge in [0.15, 0.2) is 0 Å². The molecule has 4 rings (SSSR count). The Morgan fingerprint density at radius 2 is 1.84 bits per heavy atom. The molecule has 0 aromatic heterocycles. The third-order valence-corrected chi connectivity index (χ3v) is 8.56. The Labute approximate surface area is 190 Å². The molecular formula is C25H34N4O3. The van der Waals surface area contributed by atoms with Crippen LogP contribution in [0.15, 0.2) is 29.4 Å². The van der Waals surface area contributed by atoms with E-state index in [4.69, 9.17) is 0 Å². The van der Waals surface area contributed by atoms with Gasteiger partial charge in [0.05, 0.1) is 0 Å². The number of imide groups is 1. The van der Waals surface area contributed by atoms with Crippen LogP contribution >= 0.6 is 0 Å². The molecule has 3 atom stereocenters. The van der Waals surface area contributed by atoms with Gasteiger partial charge >= 0.3 is 6.03 Å². The van der Waals surface area contributed by atoms with Crippen LogP contribution in [0.3, 0.4) is 0 Å². The number of nitrogens with zero attached hydrogens (tertiary/aromatic N) is 2. The lowest BCUT2D eigenvalue weighted by Gasteiger charge is -2.34. The van der Waals surface area contributed by atoms with Crippen LogP contribution in [0, 0.1) is 16.7 Å². The minimum atomic E-state index is -1.19. The molecule has 172 valence electrons. The van der Waals surface area contributed by atoms with Crippen LogP contribution in [-0.4, -0.2) is 35.0 Å². The van der Waals surface area contributed by atoms with E-state index in [1.54, 1.807) is 6.92 Å². The smallest absolute Gasteiger partial charge is 0.319 e. The number of urea groups is 1. The Morgan fingerprint density at radius 1 is 1.19 bits per heavy atom. The van der Waals surface area contributed by atoms with Gasteiger partial charge in [-0.25, -0.2) is 10.2 Å². The number of amides is 4. The average molecular weight is 439 g/mol. The second-order valence-corrected chi connectivity index (χ2v) is 10.8. The highest BCUT2D eigenvalue weighted by atomic mass is 16.2. The maximum atomic E-state index is 13.1. The highest BCUT2D eigenvalue weighted by molar-refractivity contribution is 6.09. The highest BCUT2D eigenvalue weighted by Crippen LogP contribution is 2.63. The van der Waals surface area contributed by atoms with Gasteiger partial charge in [-0.15, -0.1) is 0 Å². The van der Waals surface area contributed by atoms with Gasteiger partial charge in [-0.05, 0) is 54.6 Å². The fourth-order valence-electron chi connectivity index (χ4n) is 5.64. The van der Waals surface area contributed by atoms with Crippen LogP contribution in [0.5, 0.6) is 0 Å². The molecule has 7 nitrogen and oxygen atoms in total. The lowest BCUT2D eigenvalue weighted by Crippen LogP contribution is -2.43. The molecule has 1 saturated heterocycles. The van der Waals surface area contributed by atoms with Crippen molar-refractivity contribution < 1.29 is 14.4 Å².